The van der Waals surface area contributed by atoms with Gasteiger partial charge in [-0.2, -0.15) is 0 Å². The third kappa shape index (κ3) is 1.63. The maximum absolute atomic E-state index is 11.2. The number of hydrogen-bond acceptors (Lipinski definition) is 5. The summed E-state index contributed by atoms with van der Waals surface area (Å²) in [6.07, 6.45) is 2.03. The summed E-state index contributed by atoms with van der Waals surface area (Å²) < 4.78 is 4.63. The Kier molecular flexibility index (Phi) is 2.66. The summed E-state index contributed by atoms with van der Waals surface area (Å²) in [5.41, 5.74) is -0.531. The van der Waals surface area contributed by atoms with Crippen LogP contribution in [0.5, 0.6) is 0 Å². The van der Waals surface area contributed by atoms with Gasteiger partial charge in [-0.15, -0.1) is 0 Å². The smallest absolute Gasteiger partial charge is 0.335 e. The van der Waals surface area contributed by atoms with Crippen LogP contribution in [0, 0.1) is 0 Å². The van der Waals surface area contributed by atoms with Crippen LogP contribution in [-0.4, -0.2) is 34.9 Å². The predicted molar refractivity (Wildman–Crippen MR) is 45.0 cm³/mol. The van der Waals surface area contributed by atoms with E-state index in [2.05, 4.69) is 9.89 Å². The highest BCUT2D eigenvalue weighted by Crippen LogP contribution is 2.13. The molecule has 0 aliphatic heterocycles. The number of ketones is 1. The molecule has 0 saturated carbocycles. The van der Waals surface area contributed by atoms with Crippen LogP contribution in [0.4, 0.5) is 0 Å². The van der Waals surface area contributed by atoms with Crippen LogP contribution in [0.2, 0.25) is 0 Å². The first-order valence-electron chi connectivity index (χ1n) is 3.57. The Morgan fingerprint density at radius 3 is 2.57 bits per heavy atom. The molecule has 0 aromatic rings. The van der Waals surface area contributed by atoms with Gasteiger partial charge in [0.25, 0.3) is 0 Å². The molecule has 0 atom stereocenters. The Morgan fingerprint density at radius 2 is 2.14 bits per heavy atom. The van der Waals surface area contributed by atoms with Crippen molar-refractivity contribution in [2.45, 2.75) is 0 Å². The van der Waals surface area contributed by atoms with Crippen molar-refractivity contribution in [3.8, 4) is 0 Å². The van der Waals surface area contributed by atoms with E-state index >= 15 is 0 Å². The Hall–Kier alpha value is -2.11. The number of rotatable bonds is 2. The number of hydrogen-bond donors (Lipinski definition) is 2. The van der Waals surface area contributed by atoms with Gasteiger partial charge in [0.1, 0.15) is 0 Å². The van der Waals surface area contributed by atoms with Crippen molar-refractivity contribution in [1.82, 2.24) is 0 Å². The van der Waals surface area contributed by atoms with E-state index in [1.54, 1.807) is 0 Å². The molecule has 1 rings (SSSR count). The van der Waals surface area contributed by atoms with Crippen molar-refractivity contribution in [3.63, 3.8) is 0 Å². The molecule has 0 amide bonds. The van der Waals surface area contributed by atoms with Crippen LogP contribution >= 0.6 is 0 Å². The normalized spacial score (nSPS) is 18.9. The maximum atomic E-state index is 11.2. The topological polar surface area (TPSA) is 96.2 Å². The SMILES string of the molecule is COC1=CC(C(=O)O)=C/C(=N\O)C1=O. The van der Waals surface area contributed by atoms with Crippen LogP contribution in [0.25, 0.3) is 0 Å². The number of oxime groups is 1. The quantitative estimate of drug-likeness (QED) is 0.367. The van der Waals surface area contributed by atoms with Gasteiger partial charge in [-0.05, 0) is 12.2 Å². The second kappa shape index (κ2) is 3.73. The first kappa shape index (κ1) is 9.97. The molecule has 6 nitrogen and oxygen atoms in total. The fourth-order valence-electron chi connectivity index (χ4n) is 0.937. The molecule has 0 radical (unpaired) electrons. The maximum Gasteiger partial charge on any atom is 0.335 e. The molecule has 0 bridgehead atoms. The van der Waals surface area contributed by atoms with Crippen LogP contribution in [0.3, 0.4) is 0 Å². The van der Waals surface area contributed by atoms with Crippen molar-refractivity contribution >= 4 is 17.5 Å². The van der Waals surface area contributed by atoms with Crippen LogP contribution < -0.4 is 0 Å². The first-order chi connectivity index (χ1) is 6.60. The van der Waals surface area contributed by atoms with Gasteiger partial charge >= 0.3 is 5.97 Å². The summed E-state index contributed by atoms with van der Waals surface area (Å²) in [4.78, 5) is 21.8. The Balaban J connectivity index is 3.19. The van der Waals surface area contributed by atoms with Crippen molar-refractivity contribution in [3.05, 3.63) is 23.5 Å². The molecule has 14 heavy (non-hydrogen) atoms. The van der Waals surface area contributed by atoms with Crippen LogP contribution in [0.15, 0.2) is 28.6 Å². The van der Waals surface area contributed by atoms with Crippen molar-refractivity contribution < 1.29 is 24.6 Å². The molecule has 0 aromatic carbocycles. The lowest BCUT2D eigenvalue weighted by molar-refractivity contribution is -0.132. The molecule has 0 unspecified atom stereocenters. The third-order valence-corrected chi connectivity index (χ3v) is 1.61. The molecule has 0 spiro atoms. The minimum Gasteiger partial charge on any atom is -0.493 e. The average molecular weight is 197 g/mol. The molecule has 1 aliphatic rings. The third-order valence-electron chi connectivity index (χ3n) is 1.61. The number of methoxy groups -OCH3 is 1. The number of carboxylic acid groups (broad SMARTS) is 1. The van der Waals surface area contributed by atoms with Crippen LogP contribution in [-0.2, 0) is 14.3 Å². The molecule has 1 aliphatic carbocycles. The fraction of sp³-hybridized carbons (Fsp3) is 0.125. The van der Waals surface area contributed by atoms with E-state index in [-0.39, 0.29) is 17.0 Å². The fourth-order valence-corrected chi connectivity index (χ4v) is 0.937. The van der Waals surface area contributed by atoms with E-state index in [0.29, 0.717) is 0 Å². The highest BCUT2D eigenvalue weighted by molar-refractivity contribution is 6.50. The Morgan fingerprint density at radius 1 is 1.50 bits per heavy atom. The van der Waals surface area contributed by atoms with E-state index in [4.69, 9.17) is 10.3 Å². The monoisotopic (exact) mass is 197 g/mol. The minimum atomic E-state index is -1.23. The Bertz CT molecular complexity index is 377. The van der Waals surface area contributed by atoms with Crippen LogP contribution in [0.1, 0.15) is 0 Å². The summed E-state index contributed by atoms with van der Waals surface area (Å²) in [5.74, 6) is -2.05. The molecule has 0 heterocycles. The highest BCUT2D eigenvalue weighted by Gasteiger charge is 2.24. The molecular formula is C8H7NO5. The summed E-state index contributed by atoms with van der Waals surface area (Å²) >= 11 is 0. The summed E-state index contributed by atoms with van der Waals surface area (Å²) in [6.45, 7) is 0. The van der Waals surface area contributed by atoms with Gasteiger partial charge in [0.05, 0.1) is 12.7 Å². The largest absolute Gasteiger partial charge is 0.493 e. The number of aliphatic carboxylic acids is 1. The molecule has 2 N–H and O–H groups in total. The lowest BCUT2D eigenvalue weighted by atomic mass is 10.0. The van der Waals surface area contributed by atoms with Gasteiger partial charge in [0.2, 0.25) is 5.78 Å². The van der Waals surface area contributed by atoms with Crippen molar-refractivity contribution in [2.75, 3.05) is 7.11 Å². The molecule has 6 heteroatoms. The number of nitrogens with zero attached hydrogens (tertiary/aromatic N) is 1. The van der Waals surface area contributed by atoms with E-state index < -0.39 is 11.8 Å². The average Bonchev–Trinajstić information content (AvgIpc) is 2.17. The first-order valence-corrected chi connectivity index (χ1v) is 3.57. The number of carbonyl (C=O) groups excluding carboxylic acids is 1. The summed E-state index contributed by atoms with van der Waals surface area (Å²) in [5, 5.41) is 19.7. The summed E-state index contributed by atoms with van der Waals surface area (Å²) in [6, 6.07) is 0. The number of ether oxygens (including phenoxy) is 1. The molecule has 0 aromatic heterocycles. The van der Waals surface area contributed by atoms with Gasteiger partial charge in [-0.25, -0.2) is 4.79 Å². The number of allylic oxidation sites excluding steroid dienone is 2. The molecule has 0 saturated heterocycles. The summed E-state index contributed by atoms with van der Waals surface area (Å²) in [7, 11) is 1.23. The molecule has 74 valence electrons. The lowest BCUT2D eigenvalue weighted by Crippen LogP contribution is -2.21. The number of carboxylic acids is 1. The van der Waals surface area contributed by atoms with Crippen molar-refractivity contribution in [2.24, 2.45) is 5.16 Å². The second-order valence-corrected chi connectivity index (χ2v) is 2.43. The standard InChI is InChI=1S/C8H7NO5/c1-14-6-3-4(8(11)12)2-5(9-13)7(6)10/h2-3,13H,1H3,(H,11,12)/b9-5+. The van der Waals surface area contributed by atoms with Gasteiger partial charge in [0.15, 0.2) is 11.5 Å². The highest BCUT2D eigenvalue weighted by atomic mass is 16.5. The number of carbonyl (C=O) groups is 2. The zero-order chi connectivity index (χ0) is 10.7. The minimum absolute atomic E-state index is 0.169. The van der Waals surface area contributed by atoms with Gasteiger partial charge in [0, 0.05) is 0 Å². The van der Waals surface area contributed by atoms with E-state index in [0.717, 1.165) is 12.2 Å². The van der Waals surface area contributed by atoms with E-state index in [9.17, 15) is 9.59 Å². The van der Waals surface area contributed by atoms with Gasteiger partial charge in [-0.1, -0.05) is 5.16 Å². The van der Waals surface area contributed by atoms with Crippen molar-refractivity contribution in [1.29, 1.82) is 0 Å². The van der Waals surface area contributed by atoms with Gasteiger partial charge < -0.3 is 15.1 Å². The zero-order valence-corrected chi connectivity index (χ0v) is 7.22. The lowest BCUT2D eigenvalue weighted by Gasteiger charge is -2.09. The zero-order valence-electron chi connectivity index (χ0n) is 7.22. The molecule has 0 fully saturated rings. The van der Waals surface area contributed by atoms with E-state index in [1.165, 1.54) is 7.11 Å². The molecular weight excluding hydrogens is 190 g/mol. The van der Waals surface area contributed by atoms with E-state index in [1.807, 2.05) is 0 Å². The Labute approximate surface area is 78.8 Å². The predicted octanol–water partition coefficient (Wildman–Crippen LogP) is -0.0594. The van der Waals surface area contributed by atoms with Gasteiger partial charge in [-0.3, -0.25) is 4.79 Å². The second-order valence-electron chi connectivity index (χ2n) is 2.43. The number of Topliss-reactive ketones (excluding diaryl/α,β-unsaturated/α-hetero) is 1.